The fourth-order valence-corrected chi connectivity index (χ4v) is 2.35. The van der Waals surface area contributed by atoms with Crippen LogP contribution in [-0.4, -0.2) is 19.1 Å². The summed E-state index contributed by atoms with van der Waals surface area (Å²) in [6.07, 6.45) is 4.70. The normalized spacial score (nSPS) is 11.3. The van der Waals surface area contributed by atoms with Gasteiger partial charge >= 0.3 is 0 Å². The third kappa shape index (κ3) is 2.07. The lowest BCUT2D eigenvalue weighted by Gasteiger charge is -2.05. The molecule has 0 bridgehead atoms. The molecule has 5 heteroatoms. The number of fused-ring (bicyclic) bond motifs is 1. The first-order chi connectivity index (χ1) is 9.15. The van der Waals surface area contributed by atoms with Gasteiger partial charge in [-0.3, -0.25) is 0 Å². The molecular formula is C14H17N5. The van der Waals surface area contributed by atoms with E-state index in [0.717, 1.165) is 41.3 Å². The Kier molecular flexibility index (Phi) is 2.74. The van der Waals surface area contributed by atoms with Crippen LogP contribution < -0.4 is 5.73 Å². The van der Waals surface area contributed by atoms with E-state index in [1.54, 1.807) is 0 Å². The smallest absolute Gasteiger partial charge is 0.111 e. The topological polar surface area (TPSA) is 61.7 Å². The molecule has 0 radical (unpaired) electrons. The minimum absolute atomic E-state index is 0.752. The summed E-state index contributed by atoms with van der Waals surface area (Å²) in [4.78, 5) is 8.88. The van der Waals surface area contributed by atoms with Crippen LogP contribution in [0.15, 0.2) is 30.6 Å². The van der Waals surface area contributed by atoms with Gasteiger partial charge in [0.05, 0.1) is 11.0 Å². The van der Waals surface area contributed by atoms with Crippen LogP contribution in [0.4, 0.5) is 5.69 Å². The summed E-state index contributed by atoms with van der Waals surface area (Å²) in [5.41, 5.74) is 8.62. The van der Waals surface area contributed by atoms with E-state index in [1.165, 1.54) is 0 Å². The molecule has 0 amide bonds. The number of benzene rings is 1. The maximum atomic E-state index is 5.79. The SMILES string of the molecule is Cc1nccn1CCc1nc2cc(N)ccc2n1C. The molecule has 0 unspecified atom stereocenters. The summed E-state index contributed by atoms with van der Waals surface area (Å²) in [7, 11) is 2.04. The Balaban J connectivity index is 1.89. The molecule has 5 nitrogen and oxygen atoms in total. The molecule has 2 heterocycles. The maximum Gasteiger partial charge on any atom is 0.111 e. The number of anilines is 1. The summed E-state index contributed by atoms with van der Waals surface area (Å²) in [6, 6.07) is 5.85. The number of aromatic nitrogens is 4. The highest BCUT2D eigenvalue weighted by Gasteiger charge is 2.08. The Morgan fingerprint density at radius 3 is 2.89 bits per heavy atom. The standard InChI is InChI=1S/C14H17N5/c1-10-16-6-8-19(10)7-5-14-17-12-9-11(15)3-4-13(12)18(14)2/h3-4,6,8-9H,5,7,15H2,1-2H3. The zero-order valence-electron chi connectivity index (χ0n) is 11.2. The van der Waals surface area contributed by atoms with Crippen molar-refractivity contribution in [1.82, 2.24) is 19.1 Å². The van der Waals surface area contributed by atoms with E-state index in [0.29, 0.717) is 0 Å². The lowest BCUT2D eigenvalue weighted by atomic mass is 10.3. The fraction of sp³-hybridized carbons (Fsp3) is 0.286. The van der Waals surface area contributed by atoms with Crippen LogP contribution in [0.2, 0.25) is 0 Å². The molecule has 0 aliphatic rings. The van der Waals surface area contributed by atoms with Crippen LogP contribution in [0.1, 0.15) is 11.6 Å². The summed E-state index contributed by atoms with van der Waals surface area (Å²) in [5, 5.41) is 0. The monoisotopic (exact) mass is 255 g/mol. The van der Waals surface area contributed by atoms with Crippen molar-refractivity contribution in [3.63, 3.8) is 0 Å². The summed E-state index contributed by atoms with van der Waals surface area (Å²) < 4.78 is 4.26. The van der Waals surface area contributed by atoms with Gasteiger partial charge in [-0.25, -0.2) is 9.97 Å². The van der Waals surface area contributed by atoms with Gasteiger partial charge in [0.15, 0.2) is 0 Å². The van der Waals surface area contributed by atoms with Gasteiger partial charge in [-0.2, -0.15) is 0 Å². The Morgan fingerprint density at radius 2 is 2.16 bits per heavy atom. The summed E-state index contributed by atoms with van der Waals surface area (Å²) in [6.45, 7) is 2.90. The molecule has 0 aliphatic carbocycles. The van der Waals surface area contributed by atoms with Crippen LogP contribution in [0, 0.1) is 6.92 Å². The van der Waals surface area contributed by atoms with Crippen molar-refractivity contribution < 1.29 is 0 Å². The van der Waals surface area contributed by atoms with Gasteiger partial charge in [0, 0.05) is 38.1 Å². The van der Waals surface area contributed by atoms with E-state index >= 15 is 0 Å². The van der Waals surface area contributed by atoms with Crippen molar-refractivity contribution in [2.45, 2.75) is 19.9 Å². The predicted molar refractivity (Wildman–Crippen MR) is 75.8 cm³/mol. The average molecular weight is 255 g/mol. The molecule has 0 aliphatic heterocycles. The molecule has 98 valence electrons. The van der Waals surface area contributed by atoms with Crippen molar-refractivity contribution in [2.75, 3.05) is 5.73 Å². The highest BCUT2D eigenvalue weighted by atomic mass is 15.1. The molecule has 0 fully saturated rings. The van der Waals surface area contributed by atoms with Gasteiger partial charge < -0.3 is 14.9 Å². The van der Waals surface area contributed by atoms with Crippen molar-refractivity contribution in [2.24, 2.45) is 7.05 Å². The molecule has 3 aromatic rings. The Bertz CT molecular complexity index is 723. The molecule has 0 saturated heterocycles. The summed E-state index contributed by atoms with van der Waals surface area (Å²) >= 11 is 0. The van der Waals surface area contributed by atoms with E-state index in [-0.39, 0.29) is 0 Å². The summed E-state index contributed by atoms with van der Waals surface area (Å²) in [5.74, 6) is 2.09. The molecule has 0 atom stereocenters. The first kappa shape index (κ1) is 11.8. The number of nitrogen functional groups attached to an aromatic ring is 1. The van der Waals surface area contributed by atoms with Gasteiger partial charge in [-0.05, 0) is 25.1 Å². The minimum Gasteiger partial charge on any atom is -0.399 e. The zero-order valence-corrected chi connectivity index (χ0v) is 11.2. The van der Waals surface area contributed by atoms with E-state index < -0.39 is 0 Å². The van der Waals surface area contributed by atoms with E-state index in [9.17, 15) is 0 Å². The largest absolute Gasteiger partial charge is 0.399 e. The number of hydrogen-bond donors (Lipinski definition) is 1. The Hall–Kier alpha value is -2.30. The van der Waals surface area contributed by atoms with Crippen LogP contribution >= 0.6 is 0 Å². The van der Waals surface area contributed by atoms with Crippen molar-refractivity contribution in [3.8, 4) is 0 Å². The molecule has 0 spiro atoms. The third-order valence-corrected chi connectivity index (χ3v) is 3.50. The number of nitrogens with two attached hydrogens (primary N) is 1. The van der Waals surface area contributed by atoms with Gasteiger partial charge in [0.1, 0.15) is 11.6 Å². The first-order valence-electron chi connectivity index (χ1n) is 6.34. The van der Waals surface area contributed by atoms with Crippen LogP contribution in [0.5, 0.6) is 0 Å². The highest BCUT2D eigenvalue weighted by molar-refractivity contribution is 5.79. The van der Waals surface area contributed by atoms with Crippen molar-refractivity contribution in [1.29, 1.82) is 0 Å². The molecule has 1 aromatic carbocycles. The van der Waals surface area contributed by atoms with Crippen LogP contribution in [0.3, 0.4) is 0 Å². The number of aryl methyl sites for hydroxylation is 4. The van der Waals surface area contributed by atoms with Crippen LogP contribution in [0.25, 0.3) is 11.0 Å². The second kappa shape index (κ2) is 4.42. The molecule has 2 aromatic heterocycles. The Morgan fingerprint density at radius 1 is 1.32 bits per heavy atom. The van der Waals surface area contributed by atoms with Gasteiger partial charge in [0.25, 0.3) is 0 Å². The van der Waals surface area contributed by atoms with Gasteiger partial charge in [0.2, 0.25) is 0 Å². The van der Waals surface area contributed by atoms with E-state index in [2.05, 4.69) is 19.1 Å². The molecule has 0 saturated carbocycles. The number of rotatable bonds is 3. The predicted octanol–water partition coefficient (Wildman–Crippen LogP) is 1.90. The van der Waals surface area contributed by atoms with Gasteiger partial charge in [-0.15, -0.1) is 0 Å². The van der Waals surface area contributed by atoms with Crippen molar-refractivity contribution in [3.05, 3.63) is 42.2 Å². The van der Waals surface area contributed by atoms with E-state index in [4.69, 9.17) is 5.73 Å². The number of nitrogens with zero attached hydrogens (tertiary/aromatic N) is 4. The third-order valence-electron chi connectivity index (χ3n) is 3.50. The van der Waals surface area contributed by atoms with E-state index in [1.807, 2.05) is 44.6 Å². The number of hydrogen-bond acceptors (Lipinski definition) is 3. The molecular weight excluding hydrogens is 238 g/mol. The first-order valence-corrected chi connectivity index (χ1v) is 6.34. The highest BCUT2D eigenvalue weighted by Crippen LogP contribution is 2.18. The minimum atomic E-state index is 0.752. The quantitative estimate of drug-likeness (QED) is 0.727. The molecule has 3 rings (SSSR count). The maximum absolute atomic E-state index is 5.79. The fourth-order valence-electron chi connectivity index (χ4n) is 2.35. The molecule has 19 heavy (non-hydrogen) atoms. The number of imidazole rings is 2. The zero-order chi connectivity index (χ0) is 13.4. The Labute approximate surface area is 111 Å². The second-order valence-corrected chi connectivity index (χ2v) is 4.75. The van der Waals surface area contributed by atoms with Crippen molar-refractivity contribution >= 4 is 16.7 Å². The van der Waals surface area contributed by atoms with Crippen LogP contribution in [-0.2, 0) is 20.0 Å². The lowest BCUT2D eigenvalue weighted by Crippen LogP contribution is -2.06. The average Bonchev–Trinajstić information content (AvgIpc) is 2.91. The molecule has 2 N–H and O–H groups in total. The second-order valence-electron chi connectivity index (χ2n) is 4.75. The lowest BCUT2D eigenvalue weighted by molar-refractivity contribution is 0.638. The van der Waals surface area contributed by atoms with Gasteiger partial charge in [-0.1, -0.05) is 0 Å².